The van der Waals surface area contributed by atoms with E-state index in [-0.39, 0.29) is 25.1 Å². The fourth-order valence-electron chi connectivity index (χ4n) is 1.88. The summed E-state index contributed by atoms with van der Waals surface area (Å²) < 4.78 is 14.2. The van der Waals surface area contributed by atoms with Gasteiger partial charge in [-0.2, -0.15) is 0 Å². The number of hydrogen-bond donors (Lipinski definition) is 0. The third-order valence-corrected chi connectivity index (χ3v) is 2.76. The van der Waals surface area contributed by atoms with Crippen LogP contribution in [0.5, 0.6) is 0 Å². The van der Waals surface area contributed by atoms with Gasteiger partial charge >= 0.3 is 17.9 Å². The predicted octanol–water partition coefficient (Wildman–Crippen LogP) is 0.00340. The van der Waals surface area contributed by atoms with Crippen LogP contribution in [0, 0.1) is 11.8 Å². The molecule has 0 radical (unpaired) electrons. The third-order valence-electron chi connectivity index (χ3n) is 2.76. The van der Waals surface area contributed by atoms with Crippen molar-refractivity contribution in [2.45, 2.75) is 19.3 Å². The summed E-state index contributed by atoms with van der Waals surface area (Å²) in [4.78, 5) is 33.5. The Balaban J connectivity index is 1.95. The molecule has 6 heteroatoms. The van der Waals surface area contributed by atoms with E-state index in [9.17, 15) is 14.4 Å². The topological polar surface area (TPSA) is 78.9 Å². The zero-order valence-corrected chi connectivity index (χ0v) is 8.64. The first kappa shape index (κ1) is 11.1. The molecular formula is C10H12O6. The van der Waals surface area contributed by atoms with Gasteiger partial charge in [-0.05, 0) is 12.8 Å². The molecule has 0 N–H and O–H groups in total. The molecule has 2 atom stereocenters. The van der Waals surface area contributed by atoms with Gasteiger partial charge in [0, 0.05) is 0 Å². The largest absolute Gasteiger partial charge is 0.438 e. The standard InChI is InChI=1S/C10H12O6/c11-8-4-7(10(13)16-8)3-6-1-2-14-5-15-9(6)12/h6-7H,1-5H2. The molecule has 2 fully saturated rings. The summed E-state index contributed by atoms with van der Waals surface area (Å²) in [6.45, 7) is 0.384. The Morgan fingerprint density at radius 3 is 2.62 bits per heavy atom. The number of rotatable bonds is 2. The maximum absolute atomic E-state index is 11.5. The molecule has 6 nitrogen and oxygen atoms in total. The monoisotopic (exact) mass is 228 g/mol. The lowest BCUT2D eigenvalue weighted by Crippen LogP contribution is -2.21. The van der Waals surface area contributed by atoms with E-state index in [4.69, 9.17) is 9.47 Å². The third kappa shape index (κ3) is 2.38. The van der Waals surface area contributed by atoms with Gasteiger partial charge < -0.3 is 14.2 Å². The molecule has 0 saturated carbocycles. The van der Waals surface area contributed by atoms with Gasteiger partial charge in [0.25, 0.3) is 0 Å². The molecule has 2 rings (SSSR count). The molecular weight excluding hydrogens is 216 g/mol. The Hall–Kier alpha value is -1.43. The van der Waals surface area contributed by atoms with E-state index in [1.165, 1.54) is 0 Å². The van der Waals surface area contributed by atoms with E-state index in [0.717, 1.165) is 0 Å². The maximum Gasteiger partial charge on any atom is 0.317 e. The smallest absolute Gasteiger partial charge is 0.317 e. The summed E-state index contributed by atoms with van der Waals surface area (Å²) in [7, 11) is 0. The molecule has 2 heterocycles. The zero-order valence-electron chi connectivity index (χ0n) is 8.64. The van der Waals surface area contributed by atoms with Gasteiger partial charge in [0.15, 0.2) is 6.79 Å². The molecule has 2 aliphatic heterocycles. The Kier molecular flexibility index (Phi) is 3.19. The van der Waals surface area contributed by atoms with Crippen LogP contribution in [-0.4, -0.2) is 31.3 Å². The van der Waals surface area contributed by atoms with Crippen LogP contribution < -0.4 is 0 Å². The minimum absolute atomic E-state index is 0.0383. The molecule has 0 aliphatic carbocycles. The molecule has 0 bridgehead atoms. The summed E-state index contributed by atoms with van der Waals surface area (Å²) in [5, 5.41) is 0. The van der Waals surface area contributed by atoms with Crippen LogP contribution >= 0.6 is 0 Å². The van der Waals surface area contributed by atoms with Gasteiger partial charge in [-0.3, -0.25) is 14.4 Å². The van der Waals surface area contributed by atoms with E-state index < -0.39 is 17.9 Å². The molecule has 16 heavy (non-hydrogen) atoms. The van der Waals surface area contributed by atoms with Crippen LogP contribution in [0.3, 0.4) is 0 Å². The first-order valence-corrected chi connectivity index (χ1v) is 5.15. The van der Waals surface area contributed by atoms with Crippen molar-refractivity contribution in [2.24, 2.45) is 11.8 Å². The average molecular weight is 228 g/mol. The summed E-state index contributed by atoms with van der Waals surface area (Å²) >= 11 is 0. The van der Waals surface area contributed by atoms with Crippen LogP contribution in [0.1, 0.15) is 19.3 Å². The Morgan fingerprint density at radius 1 is 1.12 bits per heavy atom. The summed E-state index contributed by atoms with van der Waals surface area (Å²) in [6, 6.07) is 0. The van der Waals surface area contributed by atoms with Crippen molar-refractivity contribution >= 4 is 17.9 Å². The van der Waals surface area contributed by atoms with Crippen molar-refractivity contribution < 1.29 is 28.6 Å². The van der Waals surface area contributed by atoms with Gasteiger partial charge in [-0.25, -0.2) is 0 Å². The minimum Gasteiger partial charge on any atom is -0.438 e. The Labute approximate surface area is 91.8 Å². The number of carbonyl (C=O) groups excluding carboxylic acids is 3. The molecule has 0 aromatic rings. The summed E-state index contributed by atoms with van der Waals surface area (Å²) in [5.74, 6) is -2.32. The SMILES string of the molecule is O=C1CC(CC2CCOCOC2=O)C(=O)O1. The number of hydrogen-bond acceptors (Lipinski definition) is 6. The lowest BCUT2D eigenvalue weighted by molar-refractivity contribution is -0.155. The van der Waals surface area contributed by atoms with Crippen LogP contribution in [0.25, 0.3) is 0 Å². The van der Waals surface area contributed by atoms with Crippen molar-refractivity contribution in [3.8, 4) is 0 Å². The quantitative estimate of drug-likeness (QED) is 0.489. The van der Waals surface area contributed by atoms with E-state index in [1.54, 1.807) is 0 Å². The highest BCUT2D eigenvalue weighted by molar-refractivity contribution is 5.94. The van der Waals surface area contributed by atoms with Crippen LogP contribution in [0.15, 0.2) is 0 Å². The predicted molar refractivity (Wildman–Crippen MR) is 48.8 cm³/mol. The number of esters is 3. The van der Waals surface area contributed by atoms with Gasteiger partial charge in [-0.1, -0.05) is 0 Å². The molecule has 2 aliphatic rings. The fourth-order valence-corrected chi connectivity index (χ4v) is 1.88. The second-order valence-electron chi connectivity index (χ2n) is 3.90. The highest BCUT2D eigenvalue weighted by Crippen LogP contribution is 2.26. The zero-order chi connectivity index (χ0) is 11.5. The number of cyclic esters (lactones) is 3. The highest BCUT2D eigenvalue weighted by Gasteiger charge is 2.37. The molecule has 2 saturated heterocycles. The summed E-state index contributed by atoms with van der Waals surface area (Å²) in [6.07, 6.45) is 0.868. The van der Waals surface area contributed by atoms with E-state index in [0.29, 0.717) is 19.4 Å². The first-order valence-electron chi connectivity index (χ1n) is 5.15. The van der Waals surface area contributed by atoms with Gasteiger partial charge in [0.2, 0.25) is 0 Å². The average Bonchev–Trinajstić information content (AvgIpc) is 2.43. The van der Waals surface area contributed by atoms with Crippen molar-refractivity contribution in [1.82, 2.24) is 0 Å². The second-order valence-corrected chi connectivity index (χ2v) is 3.90. The molecule has 0 spiro atoms. The maximum atomic E-state index is 11.5. The molecule has 88 valence electrons. The van der Waals surface area contributed by atoms with Crippen LogP contribution in [0.4, 0.5) is 0 Å². The molecule has 2 unspecified atom stereocenters. The summed E-state index contributed by atoms with van der Waals surface area (Å²) in [5.41, 5.74) is 0. The normalized spacial score (nSPS) is 30.9. The fraction of sp³-hybridized carbons (Fsp3) is 0.700. The lowest BCUT2D eigenvalue weighted by Gasteiger charge is -2.12. The molecule has 0 aromatic carbocycles. The minimum atomic E-state index is -0.539. The highest BCUT2D eigenvalue weighted by atomic mass is 16.7. The molecule has 0 amide bonds. The number of ether oxygens (including phenoxy) is 3. The van der Waals surface area contributed by atoms with Gasteiger partial charge in [-0.15, -0.1) is 0 Å². The van der Waals surface area contributed by atoms with E-state index in [1.807, 2.05) is 0 Å². The second kappa shape index (κ2) is 4.61. The van der Waals surface area contributed by atoms with Crippen LogP contribution in [-0.2, 0) is 28.6 Å². The number of carbonyl (C=O) groups is 3. The van der Waals surface area contributed by atoms with Crippen molar-refractivity contribution in [2.75, 3.05) is 13.4 Å². The molecule has 0 aromatic heterocycles. The van der Waals surface area contributed by atoms with Crippen LogP contribution in [0.2, 0.25) is 0 Å². The Bertz CT molecular complexity index is 323. The Morgan fingerprint density at radius 2 is 1.94 bits per heavy atom. The van der Waals surface area contributed by atoms with Gasteiger partial charge in [0.05, 0.1) is 24.9 Å². The van der Waals surface area contributed by atoms with E-state index >= 15 is 0 Å². The van der Waals surface area contributed by atoms with Crippen molar-refractivity contribution in [3.05, 3.63) is 0 Å². The van der Waals surface area contributed by atoms with Crippen molar-refractivity contribution in [3.63, 3.8) is 0 Å². The van der Waals surface area contributed by atoms with Crippen molar-refractivity contribution in [1.29, 1.82) is 0 Å². The lowest BCUT2D eigenvalue weighted by atomic mass is 9.91. The van der Waals surface area contributed by atoms with E-state index in [2.05, 4.69) is 4.74 Å². The first-order chi connectivity index (χ1) is 7.66. The van der Waals surface area contributed by atoms with Gasteiger partial charge in [0.1, 0.15) is 0 Å².